The van der Waals surface area contributed by atoms with Gasteiger partial charge in [0.05, 0.1) is 18.0 Å². The number of amides is 1. The van der Waals surface area contributed by atoms with Crippen LogP contribution in [-0.4, -0.2) is 15.9 Å². The minimum Gasteiger partial charge on any atom is -0.437 e. The van der Waals surface area contributed by atoms with Gasteiger partial charge in [0.15, 0.2) is 5.69 Å². The molecule has 0 radical (unpaired) electrons. The van der Waals surface area contributed by atoms with Crippen molar-refractivity contribution in [1.29, 1.82) is 0 Å². The molecule has 0 saturated heterocycles. The van der Waals surface area contributed by atoms with Crippen molar-refractivity contribution in [3.05, 3.63) is 78.0 Å². The summed E-state index contributed by atoms with van der Waals surface area (Å²) >= 11 is 0. The lowest BCUT2D eigenvalue weighted by atomic mass is 10.2. The highest BCUT2D eigenvalue weighted by Gasteiger charge is 2.34. The number of rotatable bonds is 4. The number of nitrogens with zero attached hydrogens (tertiary/aromatic N) is 2. The standard InChI is InChI=1S/C18H11F4N3O2/c19-14-7-6-12(8-13(14)18(20,21)22)27-16-10-23-9-15(25-16)17(26)24-11-4-2-1-3-5-11/h1-10H,(H,24,26). The van der Waals surface area contributed by atoms with Crippen molar-refractivity contribution < 1.29 is 27.1 Å². The van der Waals surface area contributed by atoms with Gasteiger partial charge in [-0.05, 0) is 30.3 Å². The number of aromatic nitrogens is 2. The Kier molecular flexibility index (Phi) is 5.02. The number of alkyl halides is 3. The topological polar surface area (TPSA) is 64.1 Å². The van der Waals surface area contributed by atoms with Crippen LogP contribution in [0.25, 0.3) is 0 Å². The molecule has 9 heteroatoms. The molecule has 0 saturated carbocycles. The zero-order valence-corrected chi connectivity index (χ0v) is 13.5. The second-order valence-electron chi connectivity index (χ2n) is 5.30. The fraction of sp³-hybridized carbons (Fsp3) is 0.0556. The molecule has 138 valence electrons. The summed E-state index contributed by atoms with van der Waals surface area (Å²) in [7, 11) is 0. The Hall–Kier alpha value is -3.49. The highest BCUT2D eigenvalue weighted by atomic mass is 19.4. The molecular weight excluding hydrogens is 366 g/mol. The average Bonchev–Trinajstić information content (AvgIpc) is 2.63. The van der Waals surface area contributed by atoms with Crippen LogP contribution in [0.3, 0.4) is 0 Å². The first-order valence-electron chi connectivity index (χ1n) is 7.56. The Morgan fingerprint density at radius 3 is 2.48 bits per heavy atom. The van der Waals surface area contributed by atoms with Gasteiger partial charge in [-0.3, -0.25) is 9.78 Å². The third kappa shape index (κ3) is 4.57. The number of carbonyl (C=O) groups excluding carboxylic acids is 1. The SMILES string of the molecule is O=C(Nc1ccccc1)c1cncc(Oc2ccc(F)c(C(F)(F)F)c2)n1. The number of hydrogen-bond acceptors (Lipinski definition) is 4. The molecule has 3 aromatic rings. The molecule has 1 aromatic heterocycles. The highest BCUT2D eigenvalue weighted by Crippen LogP contribution is 2.34. The normalized spacial score (nSPS) is 11.1. The number of anilines is 1. The second-order valence-corrected chi connectivity index (χ2v) is 5.30. The summed E-state index contributed by atoms with van der Waals surface area (Å²) in [5, 5.41) is 2.59. The first kappa shape index (κ1) is 18.3. The van der Waals surface area contributed by atoms with Gasteiger partial charge in [0.1, 0.15) is 11.6 Å². The number of nitrogens with one attached hydrogen (secondary N) is 1. The molecule has 0 aliphatic heterocycles. The summed E-state index contributed by atoms with van der Waals surface area (Å²) in [5.74, 6) is -2.50. The van der Waals surface area contributed by atoms with E-state index in [1.54, 1.807) is 30.3 Å². The molecule has 0 aliphatic carbocycles. The molecule has 1 heterocycles. The fourth-order valence-corrected chi connectivity index (χ4v) is 2.13. The van der Waals surface area contributed by atoms with E-state index < -0.39 is 23.5 Å². The van der Waals surface area contributed by atoms with E-state index in [2.05, 4.69) is 15.3 Å². The summed E-state index contributed by atoms with van der Waals surface area (Å²) < 4.78 is 56.8. The monoisotopic (exact) mass is 377 g/mol. The molecule has 0 atom stereocenters. The first-order valence-corrected chi connectivity index (χ1v) is 7.56. The number of benzene rings is 2. The van der Waals surface area contributed by atoms with E-state index in [1.165, 1.54) is 6.20 Å². The molecule has 2 aromatic carbocycles. The molecule has 5 nitrogen and oxygen atoms in total. The van der Waals surface area contributed by atoms with E-state index in [1.807, 2.05) is 0 Å². The third-order valence-electron chi connectivity index (χ3n) is 3.34. The number of halogens is 4. The Balaban J connectivity index is 1.79. The van der Waals surface area contributed by atoms with Crippen LogP contribution in [0.1, 0.15) is 16.1 Å². The van der Waals surface area contributed by atoms with Gasteiger partial charge in [0, 0.05) is 5.69 Å². The summed E-state index contributed by atoms with van der Waals surface area (Å²) in [5.41, 5.74) is -1.04. The number of carbonyl (C=O) groups is 1. The lowest BCUT2D eigenvalue weighted by Crippen LogP contribution is -2.14. The highest BCUT2D eigenvalue weighted by molar-refractivity contribution is 6.02. The van der Waals surface area contributed by atoms with E-state index >= 15 is 0 Å². The lowest BCUT2D eigenvalue weighted by molar-refractivity contribution is -0.140. The zero-order valence-electron chi connectivity index (χ0n) is 13.5. The van der Waals surface area contributed by atoms with Gasteiger partial charge >= 0.3 is 6.18 Å². The van der Waals surface area contributed by atoms with Crippen molar-refractivity contribution in [3.63, 3.8) is 0 Å². The van der Waals surface area contributed by atoms with Crippen LogP contribution in [0, 0.1) is 5.82 Å². The van der Waals surface area contributed by atoms with Gasteiger partial charge < -0.3 is 10.1 Å². The maximum Gasteiger partial charge on any atom is 0.419 e. The van der Waals surface area contributed by atoms with Gasteiger partial charge in [-0.15, -0.1) is 0 Å². The van der Waals surface area contributed by atoms with Crippen LogP contribution in [0.15, 0.2) is 60.9 Å². The Morgan fingerprint density at radius 1 is 1.04 bits per heavy atom. The van der Waals surface area contributed by atoms with Gasteiger partial charge in [-0.1, -0.05) is 18.2 Å². The molecule has 0 spiro atoms. The summed E-state index contributed by atoms with van der Waals surface area (Å²) in [4.78, 5) is 19.9. The van der Waals surface area contributed by atoms with E-state index in [9.17, 15) is 22.4 Å². The predicted octanol–water partition coefficient (Wildman–Crippen LogP) is 4.68. The first-order chi connectivity index (χ1) is 12.8. The summed E-state index contributed by atoms with van der Waals surface area (Å²) in [6.07, 6.45) is -2.57. The predicted molar refractivity (Wildman–Crippen MR) is 87.9 cm³/mol. The van der Waals surface area contributed by atoms with Crippen molar-refractivity contribution in [3.8, 4) is 11.6 Å². The van der Waals surface area contributed by atoms with Gasteiger partial charge in [-0.2, -0.15) is 13.2 Å². The van der Waals surface area contributed by atoms with E-state index in [0.29, 0.717) is 17.8 Å². The fourth-order valence-electron chi connectivity index (χ4n) is 2.13. The molecule has 3 rings (SSSR count). The van der Waals surface area contributed by atoms with Crippen molar-refractivity contribution in [2.24, 2.45) is 0 Å². The molecule has 0 aliphatic rings. The molecular formula is C18H11F4N3O2. The van der Waals surface area contributed by atoms with Crippen molar-refractivity contribution in [2.45, 2.75) is 6.18 Å². The number of para-hydroxylation sites is 1. The Bertz CT molecular complexity index is 962. The van der Waals surface area contributed by atoms with E-state index in [-0.39, 0.29) is 17.3 Å². The van der Waals surface area contributed by atoms with Crippen molar-refractivity contribution >= 4 is 11.6 Å². The van der Waals surface area contributed by atoms with Gasteiger partial charge in [-0.25, -0.2) is 9.37 Å². The van der Waals surface area contributed by atoms with Crippen molar-refractivity contribution in [2.75, 3.05) is 5.32 Å². The minimum absolute atomic E-state index is 0.102. The average molecular weight is 377 g/mol. The largest absolute Gasteiger partial charge is 0.437 e. The molecule has 0 unspecified atom stereocenters. The van der Waals surface area contributed by atoms with Crippen LogP contribution < -0.4 is 10.1 Å². The molecule has 1 N–H and O–H groups in total. The number of ether oxygens (including phenoxy) is 1. The third-order valence-corrected chi connectivity index (χ3v) is 3.34. The smallest absolute Gasteiger partial charge is 0.419 e. The molecule has 0 bridgehead atoms. The summed E-state index contributed by atoms with van der Waals surface area (Å²) in [6.45, 7) is 0. The van der Waals surface area contributed by atoms with E-state index in [4.69, 9.17) is 4.74 Å². The van der Waals surface area contributed by atoms with Crippen LogP contribution in [0.4, 0.5) is 23.2 Å². The zero-order chi connectivity index (χ0) is 19.4. The Labute approximate surface area is 150 Å². The molecule has 1 amide bonds. The molecule has 0 fully saturated rings. The maximum atomic E-state index is 13.3. The lowest BCUT2D eigenvalue weighted by Gasteiger charge is -2.11. The quantitative estimate of drug-likeness (QED) is 0.671. The van der Waals surface area contributed by atoms with Crippen LogP contribution >= 0.6 is 0 Å². The van der Waals surface area contributed by atoms with Crippen LogP contribution in [0.2, 0.25) is 0 Å². The second kappa shape index (κ2) is 7.40. The van der Waals surface area contributed by atoms with Crippen molar-refractivity contribution in [1.82, 2.24) is 9.97 Å². The molecule has 27 heavy (non-hydrogen) atoms. The van der Waals surface area contributed by atoms with Crippen LogP contribution in [-0.2, 0) is 6.18 Å². The van der Waals surface area contributed by atoms with Crippen LogP contribution in [0.5, 0.6) is 11.6 Å². The van der Waals surface area contributed by atoms with Gasteiger partial charge in [0.2, 0.25) is 5.88 Å². The minimum atomic E-state index is -4.87. The Morgan fingerprint density at radius 2 is 1.78 bits per heavy atom. The maximum absolute atomic E-state index is 13.3. The van der Waals surface area contributed by atoms with Gasteiger partial charge in [0.25, 0.3) is 5.91 Å². The number of hydrogen-bond donors (Lipinski definition) is 1. The summed E-state index contributed by atoms with van der Waals surface area (Å²) in [6, 6.07) is 10.7. The van der Waals surface area contributed by atoms with E-state index in [0.717, 1.165) is 12.3 Å².